The average molecular weight is 188 g/mol. The molecular weight excluding hydrogens is 176 g/mol. The summed E-state index contributed by atoms with van der Waals surface area (Å²) in [5.41, 5.74) is 0. The topological polar surface area (TPSA) is 18.5 Å². The van der Waals surface area contributed by atoms with Crippen molar-refractivity contribution < 1.29 is 9.47 Å². The van der Waals surface area contributed by atoms with Gasteiger partial charge in [-0.2, -0.15) is 0 Å². The Morgan fingerprint density at radius 1 is 1.21 bits per heavy atom. The molecule has 0 heterocycles. The van der Waals surface area contributed by atoms with Crippen LogP contribution in [-0.4, -0.2) is 13.2 Å². The Morgan fingerprint density at radius 2 is 1.79 bits per heavy atom. The molecule has 0 aliphatic carbocycles. The van der Waals surface area contributed by atoms with E-state index >= 15 is 0 Å². The molecular formula is C12H12O2. The maximum atomic E-state index is 5.30. The van der Waals surface area contributed by atoms with Gasteiger partial charge in [-0.3, -0.25) is 0 Å². The molecule has 14 heavy (non-hydrogen) atoms. The van der Waals surface area contributed by atoms with Gasteiger partial charge < -0.3 is 9.47 Å². The Balaban J connectivity index is 2.51. The molecule has 0 aliphatic heterocycles. The van der Waals surface area contributed by atoms with Crippen LogP contribution < -0.4 is 9.47 Å². The fourth-order valence-corrected chi connectivity index (χ4v) is 0.912. The number of hydrogen-bond donors (Lipinski definition) is 0. The highest BCUT2D eigenvalue weighted by atomic mass is 16.5. The van der Waals surface area contributed by atoms with Crippen molar-refractivity contribution in [3.05, 3.63) is 36.9 Å². The molecule has 1 aromatic rings. The smallest absolute Gasteiger partial charge is 0.148 e. The van der Waals surface area contributed by atoms with Gasteiger partial charge in [0.1, 0.15) is 24.7 Å². The normalized spacial score (nSPS) is 8.79. The van der Waals surface area contributed by atoms with Crippen LogP contribution in [0.3, 0.4) is 0 Å². The predicted octanol–water partition coefficient (Wildman–Crippen LogP) is 2.26. The molecule has 0 aliphatic rings. The van der Waals surface area contributed by atoms with Gasteiger partial charge in [-0.15, -0.1) is 6.42 Å². The molecule has 0 radical (unpaired) electrons. The summed E-state index contributed by atoms with van der Waals surface area (Å²) in [6.07, 6.45) is 6.76. The Morgan fingerprint density at radius 3 is 2.29 bits per heavy atom. The van der Waals surface area contributed by atoms with Gasteiger partial charge in [-0.05, 0) is 24.3 Å². The first-order valence-corrected chi connectivity index (χ1v) is 4.27. The second-order valence-electron chi connectivity index (χ2n) is 2.56. The molecule has 1 rings (SSSR count). The Labute approximate surface area is 84.2 Å². The lowest BCUT2D eigenvalue weighted by atomic mass is 10.3. The molecule has 0 unspecified atom stereocenters. The molecule has 1 aromatic carbocycles. The minimum atomic E-state index is 0.285. The number of terminal acetylenes is 1. The number of ether oxygens (including phenoxy) is 2. The van der Waals surface area contributed by atoms with Crippen molar-refractivity contribution >= 4 is 0 Å². The van der Waals surface area contributed by atoms with E-state index in [1.54, 1.807) is 6.08 Å². The minimum absolute atomic E-state index is 0.285. The van der Waals surface area contributed by atoms with Crippen LogP contribution >= 0.6 is 0 Å². The molecule has 0 aromatic heterocycles. The molecule has 2 nitrogen and oxygen atoms in total. The second-order valence-corrected chi connectivity index (χ2v) is 2.56. The standard InChI is InChI=1S/C12H12O2/c1-3-9-13-11-5-7-12(8-6-11)14-10-4-2/h1,4-8H,2,9-10H2. The lowest BCUT2D eigenvalue weighted by Gasteiger charge is -2.04. The third-order valence-electron chi connectivity index (χ3n) is 1.51. The average Bonchev–Trinajstić information content (AvgIpc) is 2.25. The van der Waals surface area contributed by atoms with Gasteiger partial charge in [0.25, 0.3) is 0 Å². The SMILES string of the molecule is C#CCOc1ccc(OCC=C)cc1. The van der Waals surface area contributed by atoms with E-state index in [4.69, 9.17) is 15.9 Å². The molecule has 72 valence electrons. The summed E-state index contributed by atoms with van der Waals surface area (Å²) in [6, 6.07) is 7.29. The lowest BCUT2D eigenvalue weighted by molar-refractivity contribution is 0.356. The highest BCUT2D eigenvalue weighted by Gasteiger charge is 1.93. The second kappa shape index (κ2) is 5.71. The van der Waals surface area contributed by atoms with Gasteiger partial charge in [-0.1, -0.05) is 18.6 Å². The van der Waals surface area contributed by atoms with Crippen molar-refractivity contribution in [3.63, 3.8) is 0 Å². The summed E-state index contributed by atoms with van der Waals surface area (Å²) >= 11 is 0. The fourth-order valence-electron chi connectivity index (χ4n) is 0.912. The van der Waals surface area contributed by atoms with Crippen molar-refractivity contribution in [2.24, 2.45) is 0 Å². The molecule has 0 atom stereocenters. The fraction of sp³-hybridized carbons (Fsp3) is 0.167. The van der Waals surface area contributed by atoms with E-state index in [-0.39, 0.29) is 6.61 Å². The van der Waals surface area contributed by atoms with Crippen LogP contribution in [0.4, 0.5) is 0 Å². The molecule has 0 saturated heterocycles. The van der Waals surface area contributed by atoms with Gasteiger partial charge in [0.15, 0.2) is 0 Å². The summed E-state index contributed by atoms with van der Waals surface area (Å²) in [5, 5.41) is 0. The van der Waals surface area contributed by atoms with Crippen LogP contribution in [-0.2, 0) is 0 Å². The maximum Gasteiger partial charge on any atom is 0.148 e. The Kier molecular flexibility index (Phi) is 4.16. The summed E-state index contributed by atoms with van der Waals surface area (Å²) in [7, 11) is 0. The zero-order chi connectivity index (χ0) is 10.2. The van der Waals surface area contributed by atoms with E-state index in [0.29, 0.717) is 6.61 Å². The van der Waals surface area contributed by atoms with E-state index < -0.39 is 0 Å². The van der Waals surface area contributed by atoms with Gasteiger partial charge in [0, 0.05) is 0 Å². The van der Waals surface area contributed by atoms with E-state index in [0.717, 1.165) is 11.5 Å². The highest BCUT2D eigenvalue weighted by Crippen LogP contribution is 2.17. The minimum Gasteiger partial charge on any atom is -0.490 e. The van der Waals surface area contributed by atoms with Crippen LogP contribution in [0.1, 0.15) is 0 Å². The third-order valence-corrected chi connectivity index (χ3v) is 1.51. The molecule has 2 heteroatoms. The quantitative estimate of drug-likeness (QED) is 0.521. The molecule has 0 N–H and O–H groups in total. The zero-order valence-electron chi connectivity index (χ0n) is 7.90. The van der Waals surface area contributed by atoms with E-state index in [1.165, 1.54) is 0 Å². The molecule has 0 amide bonds. The lowest BCUT2D eigenvalue weighted by Crippen LogP contribution is -1.95. The summed E-state index contributed by atoms with van der Waals surface area (Å²) in [6.45, 7) is 4.35. The largest absolute Gasteiger partial charge is 0.490 e. The van der Waals surface area contributed by atoms with Crippen LogP contribution in [0, 0.1) is 12.3 Å². The summed E-state index contributed by atoms with van der Waals surface area (Å²) < 4.78 is 10.5. The van der Waals surface area contributed by atoms with Crippen LogP contribution in [0.25, 0.3) is 0 Å². The van der Waals surface area contributed by atoms with Crippen molar-refractivity contribution in [3.8, 4) is 23.8 Å². The van der Waals surface area contributed by atoms with E-state index in [2.05, 4.69) is 12.5 Å². The summed E-state index contributed by atoms with van der Waals surface area (Å²) in [5.74, 6) is 3.93. The molecule has 0 spiro atoms. The van der Waals surface area contributed by atoms with E-state index in [9.17, 15) is 0 Å². The number of hydrogen-bond acceptors (Lipinski definition) is 2. The van der Waals surface area contributed by atoms with Crippen molar-refractivity contribution in [2.45, 2.75) is 0 Å². The molecule has 0 saturated carbocycles. The van der Waals surface area contributed by atoms with Crippen LogP contribution in [0.2, 0.25) is 0 Å². The van der Waals surface area contributed by atoms with E-state index in [1.807, 2.05) is 24.3 Å². The van der Waals surface area contributed by atoms with Crippen LogP contribution in [0.15, 0.2) is 36.9 Å². The Hall–Kier alpha value is -1.88. The molecule has 0 fully saturated rings. The third kappa shape index (κ3) is 3.24. The number of benzene rings is 1. The van der Waals surface area contributed by atoms with Gasteiger partial charge >= 0.3 is 0 Å². The van der Waals surface area contributed by atoms with Gasteiger partial charge in [0.05, 0.1) is 0 Å². The maximum absolute atomic E-state index is 5.30. The molecule has 0 bridgehead atoms. The highest BCUT2D eigenvalue weighted by molar-refractivity contribution is 5.31. The summed E-state index contributed by atoms with van der Waals surface area (Å²) in [4.78, 5) is 0. The first-order chi connectivity index (χ1) is 6.86. The van der Waals surface area contributed by atoms with Gasteiger partial charge in [-0.25, -0.2) is 0 Å². The van der Waals surface area contributed by atoms with Crippen LogP contribution in [0.5, 0.6) is 11.5 Å². The van der Waals surface area contributed by atoms with Crippen molar-refractivity contribution in [1.82, 2.24) is 0 Å². The predicted molar refractivity (Wildman–Crippen MR) is 56.5 cm³/mol. The van der Waals surface area contributed by atoms with Gasteiger partial charge in [0.2, 0.25) is 0 Å². The first kappa shape index (κ1) is 10.2. The monoisotopic (exact) mass is 188 g/mol. The van der Waals surface area contributed by atoms with Crippen molar-refractivity contribution in [1.29, 1.82) is 0 Å². The number of rotatable bonds is 5. The van der Waals surface area contributed by atoms with Crippen molar-refractivity contribution in [2.75, 3.05) is 13.2 Å². The zero-order valence-corrected chi connectivity index (χ0v) is 7.90. The first-order valence-electron chi connectivity index (χ1n) is 4.27. The Bertz CT molecular complexity index is 319.